The Kier molecular flexibility index (Phi) is 4.00. The summed E-state index contributed by atoms with van der Waals surface area (Å²) in [6, 6.07) is 5.52. The second kappa shape index (κ2) is 5.50. The minimum atomic E-state index is -0.292. The third-order valence-electron chi connectivity index (χ3n) is 3.58. The maximum Gasteiger partial charge on any atom is 0.165 e. The van der Waals surface area contributed by atoms with Crippen molar-refractivity contribution in [1.82, 2.24) is 5.32 Å². The van der Waals surface area contributed by atoms with Gasteiger partial charge in [0, 0.05) is 6.04 Å². The van der Waals surface area contributed by atoms with E-state index < -0.39 is 0 Å². The molecule has 0 aliphatic heterocycles. The Morgan fingerprint density at radius 2 is 2.24 bits per heavy atom. The monoisotopic (exact) mass is 237 g/mol. The topological polar surface area (TPSA) is 21.3 Å². The van der Waals surface area contributed by atoms with Crippen molar-refractivity contribution in [2.45, 2.75) is 32.2 Å². The highest BCUT2D eigenvalue weighted by atomic mass is 19.1. The summed E-state index contributed by atoms with van der Waals surface area (Å²) in [7, 11) is 1.51. The lowest BCUT2D eigenvalue weighted by Crippen LogP contribution is -2.32. The Morgan fingerprint density at radius 3 is 2.76 bits per heavy atom. The van der Waals surface area contributed by atoms with Gasteiger partial charge < -0.3 is 10.1 Å². The first-order valence-electron chi connectivity index (χ1n) is 6.33. The smallest absolute Gasteiger partial charge is 0.165 e. The van der Waals surface area contributed by atoms with Gasteiger partial charge in [-0.2, -0.15) is 0 Å². The van der Waals surface area contributed by atoms with Crippen LogP contribution in [0.5, 0.6) is 5.75 Å². The van der Waals surface area contributed by atoms with Gasteiger partial charge in [-0.15, -0.1) is 0 Å². The Hall–Kier alpha value is -1.09. The molecule has 1 unspecified atom stereocenters. The lowest BCUT2D eigenvalue weighted by atomic mass is 9.77. The van der Waals surface area contributed by atoms with Crippen LogP contribution in [0, 0.1) is 11.7 Å². The van der Waals surface area contributed by atoms with Crippen LogP contribution in [0.25, 0.3) is 0 Å². The lowest BCUT2D eigenvalue weighted by Gasteiger charge is -2.34. The van der Waals surface area contributed by atoms with E-state index in [4.69, 9.17) is 4.74 Å². The number of methoxy groups -OCH3 is 1. The van der Waals surface area contributed by atoms with Crippen molar-refractivity contribution in [3.63, 3.8) is 0 Å². The maximum absolute atomic E-state index is 13.4. The summed E-state index contributed by atoms with van der Waals surface area (Å²) < 4.78 is 18.4. The van der Waals surface area contributed by atoms with E-state index >= 15 is 0 Å². The van der Waals surface area contributed by atoms with Crippen LogP contribution in [-0.2, 0) is 0 Å². The fourth-order valence-electron chi connectivity index (χ4n) is 2.42. The number of ether oxygens (including phenoxy) is 1. The zero-order chi connectivity index (χ0) is 12.3. The number of benzene rings is 1. The summed E-state index contributed by atoms with van der Waals surface area (Å²) in [5, 5.41) is 3.49. The fraction of sp³-hybridized carbons (Fsp3) is 0.571. The molecule has 0 aromatic heterocycles. The van der Waals surface area contributed by atoms with Crippen molar-refractivity contribution >= 4 is 0 Å². The summed E-state index contributed by atoms with van der Waals surface area (Å²) in [5.41, 5.74) is 1.13. The second-order valence-corrected chi connectivity index (χ2v) is 4.62. The average Bonchev–Trinajstić information content (AvgIpc) is 2.27. The zero-order valence-corrected chi connectivity index (χ0v) is 10.5. The summed E-state index contributed by atoms with van der Waals surface area (Å²) in [5.74, 6) is 0.731. The molecule has 1 saturated carbocycles. The largest absolute Gasteiger partial charge is 0.494 e. The van der Waals surface area contributed by atoms with Gasteiger partial charge in [0.15, 0.2) is 11.6 Å². The molecular formula is C14H20FNO. The van der Waals surface area contributed by atoms with Crippen LogP contribution in [-0.4, -0.2) is 13.7 Å². The Bertz CT molecular complexity index is 376. The first kappa shape index (κ1) is 12.4. The molecule has 0 heterocycles. The Morgan fingerprint density at radius 1 is 1.47 bits per heavy atom. The number of halogens is 1. The molecule has 1 fully saturated rings. The van der Waals surface area contributed by atoms with Gasteiger partial charge in [-0.05, 0) is 43.0 Å². The van der Waals surface area contributed by atoms with Crippen molar-refractivity contribution in [3.05, 3.63) is 29.6 Å². The third kappa shape index (κ3) is 2.60. The van der Waals surface area contributed by atoms with Gasteiger partial charge in [0.05, 0.1) is 7.11 Å². The van der Waals surface area contributed by atoms with E-state index in [1.807, 2.05) is 12.1 Å². The maximum atomic E-state index is 13.4. The van der Waals surface area contributed by atoms with Gasteiger partial charge in [0.25, 0.3) is 0 Å². The molecule has 2 nitrogen and oxygen atoms in total. The van der Waals surface area contributed by atoms with Crippen molar-refractivity contribution in [3.8, 4) is 5.75 Å². The van der Waals surface area contributed by atoms with Crippen LogP contribution >= 0.6 is 0 Å². The Labute approximate surface area is 102 Å². The first-order valence-corrected chi connectivity index (χ1v) is 6.33. The molecule has 0 radical (unpaired) electrons. The number of nitrogens with one attached hydrogen (secondary N) is 1. The van der Waals surface area contributed by atoms with Gasteiger partial charge in [-0.25, -0.2) is 4.39 Å². The highest BCUT2D eigenvalue weighted by Crippen LogP contribution is 2.38. The van der Waals surface area contributed by atoms with E-state index in [-0.39, 0.29) is 5.82 Å². The molecule has 17 heavy (non-hydrogen) atoms. The van der Waals surface area contributed by atoms with E-state index in [9.17, 15) is 4.39 Å². The molecule has 2 rings (SSSR count). The van der Waals surface area contributed by atoms with Gasteiger partial charge in [0.1, 0.15) is 0 Å². The fourth-order valence-corrected chi connectivity index (χ4v) is 2.42. The average molecular weight is 237 g/mol. The van der Waals surface area contributed by atoms with E-state index in [1.165, 1.54) is 32.4 Å². The minimum absolute atomic E-state index is 0.292. The number of rotatable bonds is 5. The molecule has 1 aromatic carbocycles. The molecule has 1 aliphatic carbocycles. The van der Waals surface area contributed by atoms with Crippen LogP contribution in [0.15, 0.2) is 18.2 Å². The molecule has 1 aromatic rings. The predicted octanol–water partition coefficient (Wildman–Crippen LogP) is 3.29. The van der Waals surface area contributed by atoms with Crippen LogP contribution < -0.4 is 10.1 Å². The highest BCUT2D eigenvalue weighted by molar-refractivity contribution is 5.32. The predicted molar refractivity (Wildman–Crippen MR) is 66.7 cm³/mol. The first-order chi connectivity index (χ1) is 8.26. The zero-order valence-electron chi connectivity index (χ0n) is 10.5. The molecular weight excluding hydrogens is 217 g/mol. The SMILES string of the molecule is CCNC(c1ccc(F)c(OC)c1)C1CCC1. The number of hydrogen-bond donors (Lipinski definition) is 1. The Balaban J connectivity index is 2.22. The minimum Gasteiger partial charge on any atom is -0.494 e. The van der Waals surface area contributed by atoms with Crippen molar-refractivity contribution in [1.29, 1.82) is 0 Å². The molecule has 1 aliphatic rings. The molecule has 94 valence electrons. The van der Waals surface area contributed by atoms with E-state index in [2.05, 4.69) is 12.2 Å². The third-order valence-corrected chi connectivity index (χ3v) is 3.58. The highest BCUT2D eigenvalue weighted by Gasteiger charge is 2.28. The summed E-state index contributed by atoms with van der Waals surface area (Å²) >= 11 is 0. The van der Waals surface area contributed by atoms with Crippen molar-refractivity contribution in [2.24, 2.45) is 5.92 Å². The summed E-state index contributed by atoms with van der Waals surface area (Å²) in [4.78, 5) is 0. The summed E-state index contributed by atoms with van der Waals surface area (Å²) in [6.07, 6.45) is 3.83. The van der Waals surface area contributed by atoms with Crippen LogP contribution in [0.4, 0.5) is 4.39 Å². The molecule has 0 saturated heterocycles. The van der Waals surface area contributed by atoms with Crippen molar-refractivity contribution in [2.75, 3.05) is 13.7 Å². The van der Waals surface area contributed by atoms with E-state index in [0.29, 0.717) is 17.7 Å². The van der Waals surface area contributed by atoms with Crippen LogP contribution in [0.1, 0.15) is 37.8 Å². The summed E-state index contributed by atoms with van der Waals surface area (Å²) in [6.45, 7) is 3.03. The molecule has 3 heteroatoms. The normalized spacial score (nSPS) is 17.6. The van der Waals surface area contributed by atoms with Crippen molar-refractivity contribution < 1.29 is 9.13 Å². The molecule has 0 spiro atoms. The van der Waals surface area contributed by atoms with Gasteiger partial charge in [-0.3, -0.25) is 0 Å². The van der Waals surface area contributed by atoms with Gasteiger partial charge in [-0.1, -0.05) is 19.4 Å². The van der Waals surface area contributed by atoms with Gasteiger partial charge in [0.2, 0.25) is 0 Å². The quantitative estimate of drug-likeness (QED) is 0.848. The lowest BCUT2D eigenvalue weighted by molar-refractivity contribution is 0.232. The molecule has 1 atom stereocenters. The molecule has 0 amide bonds. The van der Waals surface area contributed by atoms with E-state index in [0.717, 1.165) is 12.1 Å². The van der Waals surface area contributed by atoms with Crippen LogP contribution in [0.2, 0.25) is 0 Å². The second-order valence-electron chi connectivity index (χ2n) is 4.62. The molecule has 0 bridgehead atoms. The van der Waals surface area contributed by atoms with Gasteiger partial charge >= 0.3 is 0 Å². The number of hydrogen-bond acceptors (Lipinski definition) is 2. The molecule has 1 N–H and O–H groups in total. The standard InChI is InChI=1S/C14H20FNO/c1-3-16-14(10-5-4-6-10)11-7-8-12(15)13(9-11)17-2/h7-10,14,16H,3-6H2,1-2H3. The van der Waals surface area contributed by atoms with E-state index in [1.54, 1.807) is 0 Å². The van der Waals surface area contributed by atoms with Crippen LogP contribution in [0.3, 0.4) is 0 Å².